The highest BCUT2D eigenvalue weighted by Gasteiger charge is 2.09. The lowest BCUT2D eigenvalue weighted by Gasteiger charge is -2.02. The molecule has 0 aliphatic heterocycles. The molecule has 0 N–H and O–H groups in total. The van der Waals surface area contributed by atoms with Gasteiger partial charge in [-0.1, -0.05) is 12.1 Å². The van der Waals surface area contributed by atoms with E-state index in [0.29, 0.717) is 23.5 Å². The lowest BCUT2D eigenvalue weighted by molar-refractivity contribution is 0.112. The molecule has 0 saturated carbocycles. The largest absolute Gasteiger partial charge is 0.490 e. The van der Waals surface area contributed by atoms with Crippen LogP contribution < -0.4 is 4.74 Å². The average Bonchev–Trinajstić information content (AvgIpc) is 2.62. The zero-order valence-corrected chi connectivity index (χ0v) is 7.82. The van der Waals surface area contributed by atoms with E-state index in [1.54, 1.807) is 0 Å². The van der Waals surface area contributed by atoms with Crippen molar-refractivity contribution in [2.24, 2.45) is 0 Å². The molecular formula is C11H10O3. The summed E-state index contributed by atoms with van der Waals surface area (Å²) in [5.74, 6) is 0.679. The van der Waals surface area contributed by atoms with Crippen molar-refractivity contribution >= 4 is 17.3 Å². The highest BCUT2D eigenvalue weighted by Crippen LogP contribution is 2.28. The Balaban J connectivity index is 2.63. The molecule has 0 spiro atoms. The van der Waals surface area contributed by atoms with Crippen LogP contribution in [0.1, 0.15) is 17.3 Å². The lowest BCUT2D eigenvalue weighted by atomic mass is 10.2. The molecule has 1 aromatic carbocycles. The van der Waals surface area contributed by atoms with Crippen LogP contribution in [0.25, 0.3) is 11.0 Å². The number of benzene rings is 1. The predicted octanol–water partition coefficient (Wildman–Crippen LogP) is 2.64. The number of hydrogen-bond acceptors (Lipinski definition) is 3. The van der Waals surface area contributed by atoms with E-state index in [0.717, 1.165) is 11.7 Å². The Morgan fingerprint density at radius 2 is 2.36 bits per heavy atom. The average molecular weight is 190 g/mol. The van der Waals surface area contributed by atoms with E-state index >= 15 is 0 Å². The SMILES string of the molecule is CCOc1cccc2c(C=O)coc12. The maximum atomic E-state index is 10.6. The molecule has 0 fully saturated rings. The fraction of sp³-hybridized carbons (Fsp3) is 0.182. The third kappa shape index (κ3) is 1.27. The van der Waals surface area contributed by atoms with Crippen LogP contribution in [0.2, 0.25) is 0 Å². The van der Waals surface area contributed by atoms with Crippen molar-refractivity contribution in [1.82, 2.24) is 0 Å². The molecule has 3 nitrogen and oxygen atoms in total. The Hall–Kier alpha value is -1.77. The molecule has 0 atom stereocenters. The van der Waals surface area contributed by atoms with E-state index in [1.807, 2.05) is 25.1 Å². The summed E-state index contributed by atoms with van der Waals surface area (Å²) < 4.78 is 10.6. The number of hydrogen-bond donors (Lipinski definition) is 0. The van der Waals surface area contributed by atoms with Gasteiger partial charge in [0, 0.05) is 5.39 Å². The fourth-order valence-corrected chi connectivity index (χ4v) is 1.41. The van der Waals surface area contributed by atoms with Gasteiger partial charge in [0.15, 0.2) is 17.6 Å². The topological polar surface area (TPSA) is 39.4 Å². The summed E-state index contributed by atoms with van der Waals surface area (Å²) in [6, 6.07) is 5.50. The number of carbonyl (C=O) groups is 1. The first-order valence-corrected chi connectivity index (χ1v) is 4.45. The second kappa shape index (κ2) is 3.54. The molecule has 1 heterocycles. The van der Waals surface area contributed by atoms with Crippen molar-refractivity contribution in [3.05, 3.63) is 30.0 Å². The summed E-state index contributed by atoms with van der Waals surface area (Å²) in [4.78, 5) is 10.6. The fourth-order valence-electron chi connectivity index (χ4n) is 1.41. The van der Waals surface area contributed by atoms with Gasteiger partial charge in [0.2, 0.25) is 0 Å². The zero-order chi connectivity index (χ0) is 9.97. The van der Waals surface area contributed by atoms with E-state index in [1.165, 1.54) is 6.26 Å². The van der Waals surface area contributed by atoms with E-state index in [9.17, 15) is 4.79 Å². The monoisotopic (exact) mass is 190 g/mol. The van der Waals surface area contributed by atoms with Crippen molar-refractivity contribution in [2.45, 2.75) is 6.92 Å². The molecule has 2 aromatic rings. The van der Waals surface area contributed by atoms with Crippen LogP contribution in [0.4, 0.5) is 0 Å². The van der Waals surface area contributed by atoms with Gasteiger partial charge in [0.25, 0.3) is 0 Å². The molecule has 14 heavy (non-hydrogen) atoms. The van der Waals surface area contributed by atoms with Gasteiger partial charge in [-0.05, 0) is 13.0 Å². The van der Waals surface area contributed by atoms with Gasteiger partial charge in [0.1, 0.15) is 6.26 Å². The van der Waals surface area contributed by atoms with Crippen molar-refractivity contribution in [1.29, 1.82) is 0 Å². The Kier molecular flexibility index (Phi) is 2.23. The first kappa shape index (κ1) is 8.81. The van der Waals surface area contributed by atoms with E-state index in [4.69, 9.17) is 9.15 Å². The number of para-hydroxylation sites is 1. The molecule has 0 amide bonds. The van der Waals surface area contributed by atoms with Gasteiger partial charge in [-0.2, -0.15) is 0 Å². The van der Waals surface area contributed by atoms with Gasteiger partial charge in [-0.15, -0.1) is 0 Å². The molecule has 2 rings (SSSR count). The first-order valence-electron chi connectivity index (χ1n) is 4.45. The summed E-state index contributed by atoms with van der Waals surface area (Å²) in [7, 11) is 0. The number of aldehydes is 1. The van der Waals surface area contributed by atoms with Crippen LogP contribution in [0.15, 0.2) is 28.9 Å². The van der Waals surface area contributed by atoms with E-state index in [2.05, 4.69) is 0 Å². The van der Waals surface area contributed by atoms with Gasteiger partial charge in [-0.3, -0.25) is 4.79 Å². The third-order valence-electron chi connectivity index (χ3n) is 2.02. The van der Waals surface area contributed by atoms with Crippen molar-refractivity contribution < 1.29 is 13.9 Å². The van der Waals surface area contributed by atoms with Gasteiger partial charge in [-0.25, -0.2) is 0 Å². The maximum absolute atomic E-state index is 10.6. The highest BCUT2D eigenvalue weighted by atomic mass is 16.5. The Morgan fingerprint density at radius 1 is 1.50 bits per heavy atom. The lowest BCUT2D eigenvalue weighted by Crippen LogP contribution is -1.91. The summed E-state index contributed by atoms with van der Waals surface area (Å²) in [6.07, 6.45) is 2.22. The van der Waals surface area contributed by atoms with Crippen LogP contribution in [0.5, 0.6) is 5.75 Å². The van der Waals surface area contributed by atoms with E-state index < -0.39 is 0 Å². The number of rotatable bonds is 3. The Labute approximate surface area is 81.3 Å². The number of ether oxygens (including phenoxy) is 1. The molecular weight excluding hydrogens is 180 g/mol. The zero-order valence-electron chi connectivity index (χ0n) is 7.82. The summed E-state index contributed by atoms with van der Waals surface area (Å²) >= 11 is 0. The molecule has 3 heteroatoms. The predicted molar refractivity (Wildman–Crippen MR) is 52.8 cm³/mol. The minimum absolute atomic E-state index is 0.557. The number of furan rings is 1. The smallest absolute Gasteiger partial charge is 0.176 e. The van der Waals surface area contributed by atoms with Crippen LogP contribution in [0.3, 0.4) is 0 Å². The second-order valence-electron chi connectivity index (χ2n) is 2.87. The van der Waals surface area contributed by atoms with Crippen LogP contribution in [0, 0.1) is 0 Å². The van der Waals surface area contributed by atoms with Crippen molar-refractivity contribution in [3.63, 3.8) is 0 Å². The molecule has 1 aromatic heterocycles. The Bertz CT molecular complexity index is 457. The molecule has 0 unspecified atom stereocenters. The molecule has 0 radical (unpaired) electrons. The molecule has 0 bridgehead atoms. The second-order valence-corrected chi connectivity index (χ2v) is 2.87. The van der Waals surface area contributed by atoms with Gasteiger partial charge >= 0.3 is 0 Å². The van der Waals surface area contributed by atoms with Crippen molar-refractivity contribution in [3.8, 4) is 5.75 Å². The minimum atomic E-state index is 0.557. The Morgan fingerprint density at radius 3 is 3.07 bits per heavy atom. The van der Waals surface area contributed by atoms with Gasteiger partial charge < -0.3 is 9.15 Å². The molecule has 0 aliphatic rings. The summed E-state index contributed by atoms with van der Waals surface area (Å²) in [5, 5.41) is 0.797. The maximum Gasteiger partial charge on any atom is 0.176 e. The molecule has 0 saturated heterocycles. The van der Waals surface area contributed by atoms with Crippen molar-refractivity contribution in [2.75, 3.05) is 6.61 Å². The van der Waals surface area contributed by atoms with Crippen LogP contribution in [-0.2, 0) is 0 Å². The number of carbonyl (C=O) groups excluding carboxylic acids is 1. The molecule has 0 aliphatic carbocycles. The van der Waals surface area contributed by atoms with Crippen LogP contribution >= 0.6 is 0 Å². The summed E-state index contributed by atoms with van der Waals surface area (Å²) in [5.41, 5.74) is 1.19. The van der Waals surface area contributed by atoms with Gasteiger partial charge in [0.05, 0.1) is 12.2 Å². The highest BCUT2D eigenvalue weighted by molar-refractivity contribution is 5.98. The standard InChI is InChI=1S/C11H10O3/c1-2-13-10-5-3-4-9-8(6-12)7-14-11(9)10/h3-7H,2H2,1H3. The number of fused-ring (bicyclic) bond motifs is 1. The third-order valence-corrected chi connectivity index (χ3v) is 2.02. The van der Waals surface area contributed by atoms with E-state index in [-0.39, 0.29) is 0 Å². The minimum Gasteiger partial charge on any atom is -0.490 e. The molecule has 72 valence electrons. The quantitative estimate of drug-likeness (QED) is 0.698. The first-order chi connectivity index (χ1) is 6.86. The normalized spacial score (nSPS) is 10.4. The summed E-state index contributed by atoms with van der Waals surface area (Å²) in [6.45, 7) is 2.48. The van der Waals surface area contributed by atoms with Crippen LogP contribution in [-0.4, -0.2) is 12.9 Å².